The smallest absolute Gasteiger partial charge is 0.00987 e. The highest BCUT2D eigenvalue weighted by Gasteiger charge is 2.42. The van der Waals surface area contributed by atoms with Crippen LogP contribution in [0.4, 0.5) is 0 Å². The summed E-state index contributed by atoms with van der Waals surface area (Å²) in [6.45, 7) is 17.9. The normalized spacial score (nSPS) is 35.6. The number of nitrogens with zero attached hydrogens (tertiary/aromatic N) is 1. The summed E-state index contributed by atoms with van der Waals surface area (Å²) in [6, 6.07) is 1.44. The van der Waals surface area contributed by atoms with Crippen LogP contribution < -0.4 is 0 Å². The van der Waals surface area contributed by atoms with Crippen molar-refractivity contribution in [3.05, 3.63) is 0 Å². The van der Waals surface area contributed by atoms with E-state index in [1.165, 1.54) is 6.54 Å². The summed E-state index contributed by atoms with van der Waals surface area (Å²) in [5.74, 6) is 1.68. The molecule has 1 heterocycles. The van der Waals surface area contributed by atoms with Gasteiger partial charge in [0.15, 0.2) is 0 Å². The van der Waals surface area contributed by atoms with E-state index in [2.05, 4.69) is 53.4 Å². The summed E-state index contributed by atoms with van der Waals surface area (Å²) in [7, 11) is 0. The Morgan fingerprint density at radius 1 is 1.14 bits per heavy atom. The van der Waals surface area contributed by atoms with E-state index in [4.69, 9.17) is 0 Å². The van der Waals surface area contributed by atoms with Gasteiger partial charge in [-0.15, -0.1) is 0 Å². The van der Waals surface area contributed by atoms with Gasteiger partial charge in [0.05, 0.1) is 0 Å². The van der Waals surface area contributed by atoms with Crippen LogP contribution >= 0.6 is 0 Å². The topological polar surface area (TPSA) is 3.24 Å². The lowest BCUT2D eigenvalue weighted by Crippen LogP contribution is -2.35. The maximum Gasteiger partial charge on any atom is 0.00987 e. The first-order chi connectivity index (χ1) is 6.25. The van der Waals surface area contributed by atoms with Crippen molar-refractivity contribution in [2.24, 2.45) is 17.3 Å². The van der Waals surface area contributed by atoms with E-state index in [0.29, 0.717) is 11.5 Å². The Hall–Kier alpha value is -0.0400. The Kier molecular flexibility index (Phi) is 3.30. The third-order valence-electron chi connectivity index (χ3n) is 4.10. The van der Waals surface area contributed by atoms with Crippen LogP contribution in [0.3, 0.4) is 0 Å². The zero-order valence-corrected chi connectivity index (χ0v) is 11.0. The van der Waals surface area contributed by atoms with Crippen LogP contribution in [0.5, 0.6) is 0 Å². The van der Waals surface area contributed by atoms with Gasteiger partial charge in [-0.1, -0.05) is 27.7 Å². The van der Waals surface area contributed by atoms with E-state index >= 15 is 0 Å². The first-order valence-corrected chi connectivity index (χ1v) is 6.01. The molecule has 1 aliphatic heterocycles. The number of rotatable bonds is 1. The monoisotopic (exact) mass is 197 g/mol. The van der Waals surface area contributed by atoms with Crippen LogP contribution in [-0.4, -0.2) is 23.5 Å². The van der Waals surface area contributed by atoms with Crippen LogP contribution in [-0.2, 0) is 0 Å². The Morgan fingerprint density at radius 2 is 1.64 bits per heavy atom. The molecule has 1 fully saturated rings. The van der Waals surface area contributed by atoms with Crippen LogP contribution in [0, 0.1) is 17.3 Å². The fraction of sp³-hybridized carbons (Fsp3) is 1.00. The van der Waals surface area contributed by atoms with E-state index in [9.17, 15) is 0 Å². The summed E-state index contributed by atoms with van der Waals surface area (Å²) < 4.78 is 0. The highest BCUT2D eigenvalue weighted by molar-refractivity contribution is 4.94. The van der Waals surface area contributed by atoms with Crippen LogP contribution in [0.25, 0.3) is 0 Å². The Labute approximate surface area is 89.9 Å². The maximum absolute atomic E-state index is 2.65. The lowest BCUT2D eigenvalue weighted by Gasteiger charge is -2.30. The molecule has 0 aromatic rings. The summed E-state index contributed by atoms with van der Waals surface area (Å²) in [5, 5.41) is 0. The van der Waals surface area contributed by atoms with E-state index in [-0.39, 0.29) is 0 Å². The van der Waals surface area contributed by atoms with Gasteiger partial charge in [-0.3, -0.25) is 4.90 Å². The molecular weight excluding hydrogens is 170 g/mol. The van der Waals surface area contributed by atoms with Crippen LogP contribution in [0.2, 0.25) is 0 Å². The molecule has 14 heavy (non-hydrogen) atoms. The Bertz CT molecular complexity index is 190. The minimum atomic E-state index is 0.456. The predicted octanol–water partition coefficient (Wildman–Crippen LogP) is 3.40. The van der Waals surface area contributed by atoms with Gasteiger partial charge >= 0.3 is 0 Å². The van der Waals surface area contributed by atoms with Gasteiger partial charge in [0.2, 0.25) is 0 Å². The van der Waals surface area contributed by atoms with E-state index in [1.54, 1.807) is 0 Å². The molecule has 3 unspecified atom stereocenters. The fourth-order valence-electron chi connectivity index (χ4n) is 2.94. The van der Waals surface area contributed by atoms with Gasteiger partial charge in [0, 0.05) is 18.6 Å². The molecule has 0 saturated carbocycles. The molecular formula is C13H27N. The van der Waals surface area contributed by atoms with Gasteiger partial charge in [-0.05, 0) is 38.0 Å². The highest BCUT2D eigenvalue weighted by Crippen LogP contribution is 2.41. The molecule has 0 aromatic carbocycles. The Morgan fingerprint density at radius 3 is 1.86 bits per heavy atom. The highest BCUT2D eigenvalue weighted by atomic mass is 15.2. The van der Waals surface area contributed by atoms with Crippen molar-refractivity contribution >= 4 is 0 Å². The second-order valence-electron chi connectivity index (χ2n) is 6.36. The summed E-state index contributed by atoms with van der Waals surface area (Å²) in [4.78, 5) is 2.65. The Balaban J connectivity index is 2.77. The molecule has 0 aromatic heterocycles. The minimum absolute atomic E-state index is 0.456. The van der Waals surface area contributed by atoms with Gasteiger partial charge in [0.1, 0.15) is 0 Å². The zero-order chi connectivity index (χ0) is 11.1. The first-order valence-electron chi connectivity index (χ1n) is 6.01. The SMILES string of the molecule is CC1C(C)N(C(C)C)CC1C(C)(C)C. The number of hydrogen-bond donors (Lipinski definition) is 0. The fourth-order valence-corrected chi connectivity index (χ4v) is 2.94. The lowest BCUT2D eigenvalue weighted by molar-refractivity contribution is 0.190. The molecule has 1 saturated heterocycles. The summed E-state index contributed by atoms with van der Waals surface area (Å²) in [5.41, 5.74) is 0.456. The van der Waals surface area contributed by atoms with Crippen molar-refractivity contribution < 1.29 is 0 Å². The standard InChI is InChI=1S/C13H27N/c1-9(2)14-8-12(13(5,6)7)10(3)11(14)4/h9-12H,8H2,1-7H3. The quantitative estimate of drug-likeness (QED) is 0.623. The minimum Gasteiger partial charge on any atom is -0.298 e. The largest absolute Gasteiger partial charge is 0.298 e. The molecule has 0 spiro atoms. The van der Waals surface area contributed by atoms with Gasteiger partial charge < -0.3 is 0 Å². The van der Waals surface area contributed by atoms with Crippen molar-refractivity contribution in [3.63, 3.8) is 0 Å². The van der Waals surface area contributed by atoms with Gasteiger partial charge in [0.25, 0.3) is 0 Å². The molecule has 0 bridgehead atoms. The van der Waals surface area contributed by atoms with Crippen molar-refractivity contribution in [2.75, 3.05) is 6.54 Å². The summed E-state index contributed by atoms with van der Waals surface area (Å²) in [6.07, 6.45) is 0. The average Bonchev–Trinajstić information content (AvgIpc) is 2.28. The molecule has 3 atom stereocenters. The molecule has 0 radical (unpaired) electrons. The van der Waals surface area contributed by atoms with Crippen LogP contribution in [0.1, 0.15) is 48.5 Å². The third kappa shape index (κ3) is 2.13. The summed E-state index contributed by atoms with van der Waals surface area (Å²) >= 11 is 0. The third-order valence-corrected chi connectivity index (χ3v) is 4.10. The second-order valence-corrected chi connectivity index (χ2v) is 6.36. The van der Waals surface area contributed by atoms with Crippen LogP contribution in [0.15, 0.2) is 0 Å². The number of likely N-dealkylation sites (tertiary alicyclic amines) is 1. The maximum atomic E-state index is 2.65. The number of hydrogen-bond acceptors (Lipinski definition) is 1. The zero-order valence-electron chi connectivity index (χ0n) is 11.0. The van der Waals surface area contributed by atoms with Gasteiger partial charge in [-0.2, -0.15) is 0 Å². The van der Waals surface area contributed by atoms with Crippen molar-refractivity contribution in [3.8, 4) is 0 Å². The van der Waals surface area contributed by atoms with E-state index in [0.717, 1.165) is 17.9 Å². The lowest BCUT2D eigenvalue weighted by atomic mass is 9.74. The molecule has 0 N–H and O–H groups in total. The van der Waals surface area contributed by atoms with E-state index in [1.807, 2.05) is 0 Å². The molecule has 84 valence electrons. The van der Waals surface area contributed by atoms with Crippen molar-refractivity contribution in [1.29, 1.82) is 0 Å². The molecule has 0 aliphatic carbocycles. The molecule has 1 aliphatic rings. The molecule has 0 amide bonds. The van der Waals surface area contributed by atoms with Gasteiger partial charge in [-0.25, -0.2) is 0 Å². The van der Waals surface area contributed by atoms with E-state index < -0.39 is 0 Å². The molecule has 1 heteroatoms. The van der Waals surface area contributed by atoms with Crippen molar-refractivity contribution in [1.82, 2.24) is 4.90 Å². The molecule has 1 nitrogen and oxygen atoms in total. The first kappa shape index (κ1) is 12.0. The molecule has 1 rings (SSSR count). The van der Waals surface area contributed by atoms with Crippen molar-refractivity contribution in [2.45, 2.75) is 60.5 Å². The predicted molar refractivity (Wildman–Crippen MR) is 63.4 cm³/mol. The second kappa shape index (κ2) is 3.84. The average molecular weight is 197 g/mol.